The van der Waals surface area contributed by atoms with Crippen LogP contribution in [0, 0.1) is 18.8 Å². The number of carbonyl (C=O) groups excluding carboxylic acids is 1. The zero-order chi connectivity index (χ0) is 24.1. The number of carbonyl (C=O) groups is 1. The Balaban J connectivity index is 1.97. The summed E-state index contributed by atoms with van der Waals surface area (Å²) < 4.78 is 82.8. The number of nitrogens with one attached hydrogen (secondary N) is 1. The number of hydrogen-bond donors (Lipinski definition) is 1. The van der Waals surface area contributed by atoms with Crippen molar-refractivity contribution in [3.05, 3.63) is 69.1 Å². The summed E-state index contributed by atoms with van der Waals surface area (Å²) >= 11 is 0. The minimum atomic E-state index is -5.86. The Hall–Kier alpha value is -3.17. The van der Waals surface area contributed by atoms with E-state index in [4.69, 9.17) is 0 Å². The van der Waals surface area contributed by atoms with E-state index >= 15 is 0 Å². The monoisotopic (exact) mass is 457 g/mol. The van der Waals surface area contributed by atoms with Crippen molar-refractivity contribution in [2.75, 3.05) is 11.9 Å². The quantitative estimate of drug-likeness (QED) is 0.428. The highest BCUT2D eigenvalue weighted by atomic mass is 19.4. The maximum atomic E-state index is 14.8. The van der Waals surface area contributed by atoms with Crippen LogP contribution in [0.25, 0.3) is 6.08 Å². The predicted molar refractivity (Wildman–Crippen MR) is 107 cm³/mol. The topological polar surface area (TPSA) is 49.2 Å². The SMILES string of the molecule is Cc1cc(C(F)(C(C)(F)F)C(F)(F)F)cc(C)c1NC(=O)c1ccc2c(c1)C=CC[N+]2=O. The van der Waals surface area contributed by atoms with Gasteiger partial charge in [0.15, 0.2) is 0 Å². The summed E-state index contributed by atoms with van der Waals surface area (Å²) in [5.41, 5.74) is -5.05. The molecule has 0 spiro atoms. The van der Waals surface area contributed by atoms with E-state index in [1.165, 1.54) is 32.0 Å². The molecule has 1 aliphatic heterocycles. The molecular weight excluding hydrogens is 438 g/mol. The van der Waals surface area contributed by atoms with Gasteiger partial charge in [0, 0.05) is 39.5 Å². The van der Waals surface area contributed by atoms with Crippen molar-refractivity contribution in [3.63, 3.8) is 0 Å². The summed E-state index contributed by atoms with van der Waals surface area (Å²) in [6.45, 7) is 2.60. The Morgan fingerprint density at radius 1 is 1.00 bits per heavy atom. The maximum Gasteiger partial charge on any atom is 0.432 e. The number of halogens is 6. The van der Waals surface area contributed by atoms with Crippen molar-refractivity contribution >= 4 is 23.4 Å². The van der Waals surface area contributed by atoms with E-state index in [0.717, 1.165) is 4.76 Å². The summed E-state index contributed by atoms with van der Waals surface area (Å²) in [6, 6.07) is 5.65. The Morgan fingerprint density at radius 3 is 2.12 bits per heavy atom. The van der Waals surface area contributed by atoms with Gasteiger partial charge >= 0.3 is 6.18 Å². The van der Waals surface area contributed by atoms with Gasteiger partial charge in [-0.05, 0) is 49.3 Å². The number of anilines is 1. The largest absolute Gasteiger partial charge is 0.432 e. The molecule has 4 nitrogen and oxygen atoms in total. The van der Waals surface area contributed by atoms with Crippen molar-refractivity contribution in [3.8, 4) is 0 Å². The minimum Gasteiger partial charge on any atom is -0.322 e. The molecule has 10 heteroatoms. The number of benzene rings is 2. The fourth-order valence-electron chi connectivity index (χ4n) is 3.64. The summed E-state index contributed by atoms with van der Waals surface area (Å²) in [7, 11) is 0. The third kappa shape index (κ3) is 3.89. The molecule has 0 aliphatic carbocycles. The van der Waals surface area contributed by atoms with Crippen LogP contribution in [0.4, 0.5) is 37.7 Å². The maximum absolute atomic E-state index is 14.8. The number of fused-ring (bicyclic) bond motifs is 1. The van der Waals surface area contributed by atoms with Crippen molar-refractivity contribution in [2.24, 2.45) is 0 Å². The summed E-state index contributed by atoms with van der Waals surface area (Å²) in [6.07, 6.45) is -2.56. The van der Waals surface area contributed by atoms with E-state index in [1.54, 1.807) is 12.2 Å². The van der Waals surface area contributed by atoms with E-state index in [0.29, 0.717) is 23.4 Å². The van der Waals surface area contributed by atoms with Crippen LogP contribution in [-0.2, 0) is 5.67 Å². The zero-order valence-electron chi connectivity index (χ0n) is 17.3. The first-order chi connectivity index (χ1) is 14.7. The highest BCUT2D eigenvalue weighted by molar-refractivity contribution is 6.05. The number of amides is 1. The molecule has 1 N–H and O–H groups in total. The lowest BCUT2D eigenvalue weighted by atomic mass is 9.86. The molecule has 2 aromatic carbocycles. The molecule has 170 valence electrons. The van der Waals surface area contributed by atoms with Gasteiger partial charge in [-0.15, -0.1) is 0 Å². The number of hydrogen-bond acceptors (Lipinski definition) is 2. The van der Waals surface area contributed by atoms with Gasteiger partial charge in [-0.1, -0.05) is 12.1 Å². The van der Waals surface area contributed by atoms with Crippen LogP contribution in [0.1, 0.15) is 39.5 Å². The van der Waals surface area contributed by atoms with E-state index in [-0.39, 0.29) is 35.8 Å². The van der Waals surface area contributed by atoms with Crippen LogP contribution < -0.4 is 5.32 Å². The zero-order valence-corrected chi connectivity index (χ0v) is 17.3. The van der Waals surface area contributed by atoms with Crippen LogP contribution in [0.15, 0.2) is 36.4 Å². The van der Waals surface area contributed by atoms with Crippen molar-refractivity contribution in [1.82, 2.24) is 0 Å². The van der Waals surface area contributed by atoms with Gasteiger partial charge in [-0.2, -0.15) is 13.2 Å². The Kier molecular flexibility index (Phi) is 5.69. The first-order valence-electron chi connectivity index (χ1n) is 9.48. The lowest BCUT2D eigenvalue weighted by Gasteiger charge is -2.34. The molecule has 2 aromatic rings. The minimum absolute atomic E-state index is 0.0209. The van der Waals surface area contributed by atoms with Crippen LogP contribution in [0.5, 0.6) is 0 Å². The van der Waals surface area contributed by atoms with Crippen molar-refractivity contribution < 1.29 is 35.9 Å². The van der Waals surface area contributed by atoms with Gasteiger partial charge in [-0.25, -0.2) is 13.2 Å². The molecule has 0 bridgehead atoms. The number of rotatable bonds is 4. The molecule has 1 atom stereocenters. The number of alkyl halides is 6. The Bertz CT molecular complexity index is 1100. The molecule has 1 unspecified atom stereocenters. The fraction of sp³-hybridized carbons (Fsp3) is 0.318. The normalized spacial score (nSPS) is 15.8. The van der Waals surface area contributed by atoms with Gasteiger partial charge < -0.3 is 5.32 Å². The van der Waals surface area contributed by atoms with E-state index in [1.807, 2.05) is 0 Å². The van der Waals surface area contributed by atoms with E-state index in [9.17, 15) is 36.0 Å². The Labute approximate surface area is 179 Å². The predicted octanol–water partition coefficient (Wildman–Crippen LogP) is 6.38. The highest BCUT2D eigenvalue weighted by Crippen LogP contribution is 2.53. The molecule has 3 rings (SSSR count). The molecular formula is C22H19F6N2O2+. The van der Waals surface area contributed by atoms with Crippen LogP contribution in [0.2, 0.25) is 0 Å². The van der Waals surface area contributed by atoms with Crippen LogP contribution in [0.3, 0.4) is 0 Å². The van der Waals surface area contributed by atoms with Gasteiger partial charge in [0.05, 0.1) is 5.56 Å². The third-order valence-electron chi connectivity index (χ3n) is 5.29. The average molecular weight is 457 g/mol. The lowest BCUT2D eigenvalue weighted by molar-refractivity contribution is -0.452. The third-order valence-corrected chi connectivity index (χ3v) is 5.29. The van der Waals surface area contributed by atoms with E-state index < -0.39 is 29.2 Å². The second kappa shape index (κ2) is 7.75. The lowest BCUT2D eigenvalue weighted by Crippen LogP contribution is -2.51. The molecule has 32 heavy (non-hydrogen) atoms. The number of aryl methyl sites for hydroxylation is 2. The Morgan fingerprint density at radius 2 is 1.59 bits per heavy atom. The van der Waals surface area contributed by atoms with Crippen LogP contribution in [-0.4, -0.2) is 29.3 Å². The summed E-state index contributed by atoms with van der Waals surface area (Å²) in [4.78, 5) is 24.5. The van der Waals surface area contributed by atoms with Crippen molar-refractivity contribution in [1.29, 1.82) is 0 Å². The molecule has 1 aliphatic rings. The molecule has 0 radical (unpaired) electrons. The average Bonchev–Trinajstić information content (AvgIpc) is 2.68. The molecule has 0 saturated heterocycles. The van der Waals surface area contributed by atoms with Gasteiger partial charge in [0.1, 0.15) is 0 Å². The van der Waals surface area contributed by atoms with Crippen LogP contribution >= 0.6 is 0 Å². The van der Waals surface area contributed by atoms with Gasteiger partial charge in [-0.3, -0.25) is 4.79 Å². The smallest absolute Gasteiger partial charge is 0.322 e. The number of nitroso groups, excluding NO2 is 1. The highest BCUT2D eigenvalue weighted by Gasteiger charge is 2.70. The number of nitrogens with zero attached hydrogens (tertiary/aromatic N) is 1. The molecule has 1 heterocycles. The molecule has 0 saturated carbocycles. The second-order valence-electron chi connectivity index (χ2n) is 7.72. The summed E-state index contributed by atoms with van der Waals surface area (Å²) in [5.74, 6) is -5.37. The standard InChI is InChI=1S/C22H18F6N2O2/c1-12-9-16(21(25,20(3,23)24)22(26,27)28)10-13(2)18(12)29-19(31)15-6-7-17-14(11-15)5-4-8-30(17)32/h4-7,9-11H,8H2,1-3H3/p+1. The fourth-order valence-corrected chi connectivity index (χ4v) is 3.64. The first kappa shape index (κ1) is 23.5. The molecule has 0 aromatic heterocycles. The summed E-state index contributed by atoms with van der Waals surface area (Å²) in [5, 5.41) is 2.52. The first-order valence-corrected chi connectivity index (χ1v) is 9.48. The van der Waals surface area contributed by atoms with Gasteiger partial charge in [0.25, 0.3) is 23.2 Å². The molecule has 1 amide bonds. The second-order valence-corrected chi connectivity index (χ2v) is 7.72. The van der Waals surface area contributed by atoms with E-state index in [2.05, 4.69) is 5.32 Å². The van der Waals surface area contributed by atoms with Gasteiger partial charge in [0.2, 0.25) is 6.54 Å². The van der Waals surface area contributed by atoms with Crippen molar-refractivity contribution in [2.45, 2.75) is 38.5 Å². The molecule has 0 fully saturated rings.